The van der Waals surface area contributed by atoms with Gasteiger partial charge in [0.25, 0.3) is 0 Å². The van der Waals surface area contributed by atoms with Gasteiger partial charge in [-0.25, -0.2) is 0 Å². The Morgan fingerprint density at radius 3 is 2.23 bits per heavy atom. The van der Waals surface area contributed by atoms with Crippen LogP contribution in [0.1, 0.15) is 95.6 Å². The van der Waals surface area contributed by atoms with Crippen molar-refractivity contribution < 1.29 is 67.9 Å². The predicted octanol–water partition coefficient (Wildman–Crippen LogP) is 11.0. The summed E-state index contributed by atoms with van der Waals surface area (Å²) >= 11 is 0. The van der Waals surface area contributed by atoms with Gasteiger partial charge in [0.2, 0.25) is 0 Å². The number of methoxy groups -OCH3 is 1. The summed E-state index contributed by atoms with van der Waals surface area (Å²) < 4.78 is 151. The lowest BCUT2D eigenvalue weighted by Crippen LogP contribution is -2.67. The molecule has 0 saturated heterocycles. The van der Waals surface area contributed by atoms with Gasteiger partial charge < -0.3 is 33.7 Å². The van der Waals surface area contributed by atoms with Gasteiger partial charge in [0, 0.05) is 44.3 Å². The van der Waals surface area contributed by atoms with Crippen LogP contribution in [0.2, 0.25) is 0 Å². The SMILES string of the molecule is COCC(CCCOCCSSCCCNCCOc1ccc2c(c1)CCC1C2CCC2(C)C(OCCCOC(C(F)(F)F)(C(F)(F)F)C(F)(F)F)CCC12)COC(C)C. The number of alkyl halides is 9. The van der Waals surface area contributed by atoms with Gasteiger partial charge >= 0.3 is 24.1 Å². The standard InChI is InChI=1S/C42H64F9NO6S2/c1-29(2)57-28-30(27-53-4)8-5-19-54-23-25-60-59-24-6-17-52-18-22-55-32-10-12-33-31(26-32)9-11-35-34(33)15-16-38(3)36(35)13-14-37(38)56-20-7-21-58-39(40(43,44)45,41(46,47)48)42(49,50)51/h10,12,26,29-30,34-37,52H,5-9,11,13-25,27-28H2,1-4H3. The molecule has 0 spiro atoms. The maximum absolute atomic E-state index is 13.2. The van der Waals surface area contributed by atoms with Gasteiger partial charge in [0.1, 0.15) is 12.4 Å². The number of rotatable bonds is 27. The van der Waals surface area contributed by atoms with Gasteiger partial charge in [-0.2, -0.15) is 39.5 Å². The molecule has 7 nitrogen and oxygen atoms in total. The van der Waals surface area contributed by atoms with Crippen LogP contribution in [0.5, 0.6) is 5.75 Å². The van der Waals surface area contributed by atoms with Crippen molar-refractivity contribution in [3.05, 3.63) is 29.3 Å². The maximum atomic E-state index is 13.2. The summed E-state index contributed by atoms with van der Waals surface area (Å²) in [6.07, 6.45) is -12.6. The van der Waals surface area contributed by atoms with Crippen molar-refractivity contribution in [2.75, 3.05) is 78.0 Å². The van der Waals surface area contributed by atoms with E-state index in [2.05, 4.69) is 29.1 Å². The molecular weight excluding hydrogens is 850 g/mol. The Hall–Kier alpha value is -1.15. The van der Waals surface area contributed by atoms with Crippen molar-refractivity contribution in [3.63, 3.8) is 0 Å². The lowest BCUT2D eigenvalue weighted by Gasteiger charge is -2.50. The summed E-state index contributed by atoms with van der Waals surface area (Å²) in [5.74, 6) is 4.32. The molecule has 0 aromatic heterocycles. The summed E-state index contributed by atoms with van der Waals surface area (Å²) in [7, 11) is 5.43. The quantitative estimate of drug-likeness (QED) is 0.0528. The van der Waals surface area contributed by atoms with E-state index in [-0.39, 0.29) is 24.2 Å². The summed E-state index contributed by atoms with van der Waals surface area (Å²) in [4.78, 5) is 0. The van der Waals surface area contributed by atoms with Crippen LogP contribution in [-0.2, 0) is 30.1 Å². The number of hydrogen-bond acceptors (Lipinski definition) is 9. The Balaban J connectivity index is 1.08. The van der Waals surface area contributed by atoms with E-state index in [0.717, 1.165) is 102 Å². The normalized spacial score (nSPS) is 24.0. The molecule has 3 aliphatic rings. The zero-order valence-electron chi connectivity index (χ0n) is 35.2. The predicted molar refractivity (Wildman–Crippen MR) is 217 cm³/mol. The van der Waals surface area contributed by atoms with Crippen LogP contribution in [0.3, 0.4) is 0 Å². The van der Waals surface area contributed by atoms with Crippen LogP contribution in [0.25, 0.3) is 0 Å². The molecule has 60 heavy (non-hydrogen) atoms. The fourth-order valence-electron chi connectivity index (χ4n) is 9.30. The zero-order chi connectivity index (χ0) is 44.0. The molecule has 18 heteroatoms. The Morgan fingerprint density at radius 1 is 0.800 bits per heavy atom. The van der Waals surface area contributed by atoms with E-state index >= 15 is 0 Å². The molecule has 2 saturated carbocycles. The van der Waals surface area contributed by atoms with Crippen LogP contribution < -0.4 is 10.1 Å². The van der Waals surface area contributed by atoms with Gasteiger partial charge in [0.05, 0.1) is 38.6 Å². The average Bonchev–Trinajstić information content (AvgIpc) is 3.50. The summed E-state index contributed by atoms with van der Waals surface area (Å²) in [5.41, 5.74) is -3.91. The minimum absolute atomic E-state index is 0.225. The Bertz CT molecular complexity index is 1370. The zero-order valence-corrected chi connectivity index (χ0v) is 36.8. The van der Waals surface area contributed by atoms with Crippen molar-refractivity contribution in [1.29, 1.82) is 0 Å². The highest BCUT2D eigenvalue weighted by atomic mass is 33.1. The second-order valence-corrected chi connectivity index (χ2v) is 19.4. The first-order chi connectivity index (χ1) is 28.4. The smallest absolute Gasteiger partial charge is 0.435 e. The number of halogens is 9. The van der Waals surface area contributed by atoms with Crippen LogP contribution in [0.4, 0.5) is 39.5 Å². The summed E-state index contributed by atoms with van der Waals surface area (Å²) in [6.45, 7) is 9.62. The lowest BCUT2D eigenvalue weighted by molar-refractivity contribution is -0.457. The van der Waals surface area contributed by atoms with E-state index in [1.807, 2.05) is 41.5 Å². The number of aryl methyl sites for hydroxylation is 1. The van der Waals surface area contributed by atoms with Gasteiger partial charge in [0.15, 0.2) is 0 Å². The van der Waals surface area contributed by atoms with Crippen LogP contribution in [-0.4, -0.2) is 114 Å². The van der Waals surface area contributed by atoms with Crippen molar-refractivity contribution in [2.24, 2.45) is 23.2 Å². The Kier molecular flexibility index (Phi) is 20.3. The molecule has 348 valence electrons. The lowest BCUT2D eigenvalue weighted by atomic mass is 9.55. The monoisotopic (exact) mass is 913 g/mol. The third kappa shape index (κ3) is 13.7. The topological polar surface area (TPSA) is 67.4 Å². The van der Waals surface area contributed by atoms with E-state index in [0.29, 0.717) is 43.3 Å². The Labute approximate surface area is 357 Å². The van der Waals surface area contributed by atoms with Gasteiger partial charge in [-0.3, -0.25) is 0 Å². The minimum Gasteiger partial charge on any atom is -0.492 e. The number of nitrogens with one attached hydrogen (secondary N) is 1. The molecule has 0 bridgehead atoms. The maximum Gasteiger partial charge on any atom is 0.435 e. The highest BCUT2D eigenvalue weighted by molar-refractivity contribution is 8.76. The molecule has 1 N–H and O–H groups in total. The first-order valence-corrected chi connectivity index (χ1v) is 23.7. The molecule has 0 amide bonds. The van der Waals surface area contributed by atoms with Crippen molar-refractivity contribution in [2.45, 2.75) is 127 Å². The second kappa shape index (κ2) is 23.7. The van der Waals surface area contributed by atoms with Gasteiger partial charge in [-0.05, 0) is 131 Å². The summed E-state index contributed by atoms with van der Waals surface area (Å²) in [5, 5.41) is 3.45. The van der Waals surface area contributed by atoms with E-state index in [1.54, 1.807) is 7.11 Å². The van der Waals surface area contributed by atoms with Crippen molar-refractivity contribution >= 4 is 21.6 Å². The third-order valence-electron chi connectivity index (χ3n) is 12.2. The average molecular weight is 914 g/mol. The number of fused-ring (bicyclic) bond motifs is 5. The first-order valence-electron chi connectivity index (χ1n) is 21.2. The van der Waals surface area contributed by atoms with Gasteiger partial charge in [-0.15, -0.1) is 0 Å². The largest absolute Gasteiger partial charge is 0.492 e. The van der Waals surface area contributed by atoms with E-state index in [1.165, 1.54) is 11.1 Å². The minimum atomic E-state index is -6.74. The molecule has 1 aromatic carbocycles. The van der Waals surface area contributed by atoms with E-state index in [9.17, 15) is 39.5 Å². The second-order valence-electron chi connectivity index (χ2n) is 16.7. The fraction of sp³-hybridized carbons (Fsp3) is 0.857. The third-order valence-corrected chi connectivity index (χ3v) is 14.7. The molecule has 2 fully saturated rings. The molecule has 1 aromatic rings. The number of benzene rings is 1. The molecular formula is C42H64F9NO6S2. The highest BCUT2D eigenvalue weighted by Crippen LogP contribution is 2.62. The number of hydrogen-bond donors (Lipinski definition) is 1. The van der Waals surface area contributed by atoms with Crippen LogP contribution in [0, 0.1) is 23.2 Å². The molecule has 6 unspecified atom stereocenters. The van der Waals surface area contributed by atoms with Gasteiger partial charge in [-0.1, -0.05) is 34.6 Å². The first kappa shape index (κ1) is 51.5. The van der Waals surface area contributed by atoms with Crippen LogP contribution >= 0.6 is 21.6 Å². The Morgan fingerprint density at radius 2 is 1.53 bits per heavy atom. The molecule has 6 atom stereocenters. The molecule has 0 aliphatic heterocycles. The van der Waals surface area contributed by atoms with Crippen LogP contribution in [0.15, 0.2) is 18.2 Å². The molecule has 4 rings (SSSR count). The van der Waals surface area contributed by atoms with Crippen molar-refractivity contribution in [3.8, 4) is 5.75 Å². The van der Waals surface area contributed by atoms with Crippen molar-refractivity contribution in [1.82, 2.24) is 5.32 Å². The molecule has 0 radical (unpaired) electrons. The number of ether oxygens (including phenoxy) is 6. The highest BCUT2D eigenvalue weighted by Gasteiger charge is 2.85. The van der Waals surface area contributed by atoms with E-state index in [4.69, 9.17) is 23.7 Å². The van der Waals surface area contributed by atoms with E-state index < -0.39 is 37.2 Å². The molecule has 3 aliphatic carbocycles. The fourth-order valence-corrected chi connectivity index (χ4v) is 11.2. The molecule has 0 heterocycles. The summed E-state index contributed by atoms with van der Waals surface area (Å²) in [6, 6.07) is 6.35.